The molecular formula is C5H9ClN2O. The third-order valence-electron chi connectivity index (χ3n) is 0.918. The highest BCUT2D eigenvalue weighted by atomic mass is 35.5. The maximum atomic E-state index is 5.44. The van der Waals surface area contributed by atoms with Gasteiger partial charge in [0.15, 0.2) is 6.39 Å². The van der Waals surface area contributed by atoms with Crippen LogP contribution in [0, 0.1) is 0 Å². The molecule has 52 valence electrons. The molecule has 1 aromatic rings. The van der Waals surface area contributed by atoms with Gasteiger partial charge in [0.1, 0.15) is 6.26 Å². The van der Waals surface area contributed by atoms with Crippen molar-refractivity contribution in [2.24, 2.45) is 5.73 Å². The summed E-state index contributed by atoms with van der Waals surface area (Å²) in [5.74, 6) is 0. The summed E-state index contributed by atoms with van der Waals surface area (Å²) in [7, 11) is 0. The molecule has 4 heteroatoms. The first-order valence-electron chi connectivity index (χ1n) is 2.44. The number of rotatable bonds is 1. The summed E-state index contributed by atoms with van der Waals surface area (Å²) >= 11 is 0. The molecule has 0 bridgehead atoms. The summed E-state index contributed by atoms with van der Waals surface area (Å²) in [6.07, 6.45) is 2.92. The molecule has 0 aliphatic rings. The maximum absolute atomic E-state index is 5.44. The van der Waals surface area contributed by atoms with Crippen LogP contribution in [0.15, 0.2) is 17.1 Å². The lowest BCUT2D eigenvalue weighted by Gasteiger charge is -1.93. The zero-order chi connectivity index (χ0) is 5.98. The smallest absolute Gasteiger partial charge is 0.180 e. The van der Waals surface area contributed by atoms with Gasteiger partial charge in [-0.25, -0.2) is 4.98 Å². The molecule has 1 atom stereocenters. The van der Waals surface area contributed by atoms with Gasteiger partial charge in [0.05, 0.1) is 5.69 Å². The van der Waals surface area contributed by atoms with Crippen LogP contribution in [0.4, 0.5) is 0 Å². The monoisotopic (exact) mass is 148 g/mol. The fourth-order valence-electron chi connectivity index (χ4n) is 0.447. The molecule has 0 radical (unpaired) electrons. The van der Waals surface area contributed by atoms with Crippen LogP contribution in [0.5, 0.6) is 0 Å². The van der Waals surface area contributed by atoms with E-state index < -0.39 is 0 Å². The van der Waals surface area contributed by atoms with Gasteiger partial charge in [-0.2, -0.15) is 0 Å². The quantitative estimate of drug-likeness (QED) is 0.649. The molecule has 0 saturated heterocycles. The average Bonchev–Trinajstić information content (AvgIpc) is 2.12. The number of nitrogens with two attached hydrogens (primary N) is 1. The molecule has 1 unspecified atom stereocenters. The lowest BCUT2D eigenvalue weighted by atomic mass is 10.3. The highest BCUT2D eigenvalue weighted by Gasteiger charge is 1.98. The van der Waals surface area contributed by atoms with Crippen molar-refractivity contribution in [2.75, 3.05) is 0 Å². The highest BCUT2D eigenvalue weighted by Crippen LogP contribution is 2.03. The van der Waals surface area contributed by atoms with Gasteiger partial charge < -0.3 is 10.2 Å². The number of aromatic nitrogens is 1. The number of nitrogens with zero attached hydrogens (tertiary/aromatic N) is 1. The van der Waals surface area contributed by atoms with Crippen molar-refractivity contribution in [1.82, 2.24) is 4.98 Å². The Balaban J connectivity index is 0.000000640. The summed E-state index contributed by atoms with van der Waals surface area (Å²) in [5.41, 5.74) is 6.23. The summed E-state index contributed by atoms with van der Waals surface area (Å²) < 4.78 is 4.68. The van der Waals surface area contributed by atoms with Crippen molar-refractivity contribution in [3.8, 4) is 0 Å². The van der Waals surface area contributed by atoms with Crippen molar-refractivity contribution in [3.05, 3.63) is 18.4 Å². The van der Waals surface area contributed by atoms with Gasteiger partial charge in [-0.3, -0.25) is 0 Å². The van der Waals surface area contributed by atoms with E-state index in [4.69, 9.17) is 5.73 Å². The minimum Gasteiger partial charge on any atom is -0.451 e. The molecule has 9 heavy (non-hydrogen) atoms. The molecule has 0 amide bonds. The topological polar surface area (TPSA) is 52.0 Å². The summed E-state index contributed by atoms with van der Waals surface area (Å²) in [4.78, 5) is 3.82. The Morgan fingerprint density at radius 2 is 2.44 bits per heavy atom. The van der Waals surface area contributed by atoms with Crippen molar-refractivity contribution >= 4 is 12.4 Å². The molecule has 0 saturated carbocycles. The summed E-state index contributed by atoms with van der Waals surface area (Å²) in [6.45, 7) is 1.86. The Bertz CT molecular complexity index is 150. The highest BCUT2D eigenvalue weighted by molar-refractivity contribution is 5.85. The Labute approximate surface area is 59.7 Å². The van der Waals surface area contributed by atoms with E-state index in [9.17, 15) is 0 Å². The normalized spacial score (nSPS) is 12.2. The Morgan fingerprint density at radius 3 is 2.67 bits per heavy atom. The first-order valence-corrected chi connectivity index (χ1v) is 2.44. The molecule has 0 aliphatic carbocycles. The van der Waals surface area contributed by atoms with Crippen LogP contribution in [0.1, 0.15) is 18.7 Å². The van der Waals surface area contributed by atoms with Crippen molar-refractivity contribution < 1.29 is 4.42 Å². The van der Waals surface area contributed by atoms with Crippen LogP contribution >= 0.6 is 12.4 Å². The van der Waals surface area contributed by atoms with Gasteiger partial charge in [0.2, 0.25) is 0 Å². The first-order chi connectivity index (χ1) is 3.80. The van der Waals surface area contributed by atoms with Crippen LogP contribution in [0.2, 0.25) is 0 Å². The predicted molar refractivity (Wildman–Crippen MR) is 36.4 cm³/mol. The van der Waals surface area contributed by atoms with Crippen LogP contribution in [0.3, 0.4) is 0 Å². The Morgan fingerprint density at radius 1 is 1.78 bits per heavy atom. The van der Waals surface area contributed by atoms with E-state index in [1.165, 1.54) is 6.39 Å². The third-order valence-corrected chi connectivity index (χ3v) is 0.918. The van der Waals surface area contributed by atoms with Gasteiger partial charge >= 0.3 is 0 Å². The average molecular weight is 149 g/mol. The molecule has 1 aromatic heterocycles. The van der Waals surface area contributed by atoms with E-state index >= 15 is 0 Å². The minimum absolute atomic E-state index is 0. The van der Waals surface area contributed by atoms with Gasteiger partial charge in [0.25, 0.3) is 0 Å². The molecule has 3 nitrogen and oxygen atoms in total. The first kappa shape index (κ1) is 8.46. The number of hydrogen-bond donors (Lipinski definition) is 1. The second-order valence-corrected chi connectivity index (χ2v) is 1.70. The fraction of sp³-hybridized carbons (Fsp3) is 0.400. The van der Waals surface area contributed by atoms with Crippen LogP contribution in [-0.2, 0) is 0 Å². The number of halogens is 1. The SMILES string of the molecule is CC(N)c1cocn1.Cl. The number of hydrogen-bond acceptors (Lipinski definition) is 3. The minimum atomic E-state index is -0.0197. The summed E-state index contributed by atoms with van der Waals surface area (Å²) in [5, 5.41) is 0. The molecular weight excluding hydrogens is 140 g/mol. The van der Waals surface area contributed by atoms with Crippen molar-refractivity contribution in [2.45, 2.75) is 13.0 Å². The Kier molecular flexibility index (Phi) is 3.27. The van der Waals surface area contributed by atoms with Crippen LogP contribution in [0.25, 0.3) is 0 Å². The number of oxazole rings is 1. The largest absolute Gasteiger partial charge is 0.451 e. The van der Waals surface area contributed by atoms with E-state index in [1.54, 1.807) is 6.26 Å². The van der Waals surface area contributed by atoms with Crippen LogP contribution in [-0.4, -0.2) is 4.98 Å². The zero-order valence-electron chi connectivity index (χ0n) is 5.07. The third kappa shape index (κ3) is 2.03. The van der Waals surface area contributed by atoms with E-state index in [1.807, 2.05) is 6.92 Å². The molecule has 0 aromatic carbocycles. The fourth-order valence-corrected chi connectivity index (χ4v) is 0.447. The predicted octanol–water partition coefficient (Wildman–Crippen LogP) is 1.12. The van der Waals surface area contributed by atoms with Gasteiger partial charge in [-0.1, -0.05) is 0 Å². The molecule has 0 spiro atoms. The second-order valence-electron chi connectivity index (χ2n) is 1.70. The van der Waals surface area contributed by atoms with Gasteiger partial charge in [-0.05, 0) is 6.92 Å². The summed E-state index contributed by atoms with van der Waals surface area (Å²) in [6, 6.07) is -0.0197. The molecule has 2 N–H and O–H groups in total. The van der Waals surface area contributed by atoms with Gasteiger partial charge in [0, 0.05) is 6.04 Å². The van der Waals surface area contributed by atoms with Crippen LogP contribution < -0.4 is 5.73 Å². The van der Waals surface area contributed by atoms with E-state index in [2.05, 4.69) is 9.40 Å². The lowest BCUT2D eigenvalue weighted by Crippen LogP contribution is -2.04. The molecule has 0 fully saturated rings. The van der Waals surface area contributed by atoms with E-state index in [0.717, 1.165) is 5.69 Å². The maximum Gasteiger partial charge on any atom is 0.180 e. The standard InChI is InChI=1S/C5H8N2O.ClH/c1-4(6)5-2-8-3-7-5;/h2-4H,6H2,1H3;1H. The Hall–Kier alpha value is -0.540. The van der Waals surface area contributed by atoms with Crippen molar-refractivity contribution in [1.29, 1.82) is 0 Å². The van der Waals surface area contributed by atoms with E-state index in [0.29, 0.717) is 0 Å². The van der Waals surface area contributed by atoms with Gasteiger partial charge in [-0.15, -0.1) is 12.4 Å². The molecule has 1 heterocycles. The second kappa shape index (κ2) is 3.48. The zero-order valence-corrected chi connectivity index (χ0v) is 5.89. The van der Waals surface area contributed by atoms with E-state index in [-0.39, 0.29) is 18.4 Å². The molecule has 0 aliphatic heterocycles. The molecule has 1 rings (SSSR count). The lowest BCUT2D eigenvalue weighted by molar-refractivity contribution is 0.555. The van der Waals surface area contributed by atoms with Crippen molar-refractivity contribution in [3.63, 3.8) is 0 Å².